The fourth-order valence-electron chi connectivity index (χ4n) is 1.47. The van der Waals surface area contributed by atoms with Crippen molar-refractivity contribution in [2.45, 2.75) is 6.54 Å². The van der Waals surface area contributed by atoms with Crippen molar-refractivity contribution in [3.8, 4) is 0 Å². The van der Waals surface area contributed by atoms with Gasteiger partial charge in [-0.05, 0) is 17.7 Å². The van der Waals surface area contributed by atoms with Crippen LogP contribution in [0.5, 0.6) is 0 Å². The maximum Gasteiger partial charge on any atom is 0.356 e. The molecule has 0 aliphatic carbocycles. The summed E-state index contributed by atoms with van der Waals surface area (Å²) in [5.41, 5.74) is -0.0150. The van der Waals surface area contributed by atoms with Gasteiger partial charge in [-0.15, -0.1) is 0 Å². The minimum atomic E-state index is -1.53. The first-order valence-electron chi connectivity index (χ1n) is 4.86. The third-order valence-corrected chi connectivity index (χ3v) is 2.26. The van der Waals surface area contributed by atoms with Crippen molar-refractivity contribution in [1.82, 2.24) is 9.55 Å². The number of aromatic nitrogens is 2. The minimum Gasteiger partial charge on any atom is -0.476 e. The summed E-state index contributed by atoms with van der Waals surface area (Å²) in [5, 5.41) is 8.64. The molecular weight excluding hydrogens is 249 g/mol. The van der Waals surface area contributed by atoms with Crippen molar-refractivity contribution in [3.05, 3.63) is 53.4 Å². The Morgan fingerprint density at radius 3 is 2.39 bits per heavy atom. The lowest BCUT2D eigenvalue weighted by Crippen LogP contribution is -2.01. The Balaban J connectivity index is 2.25. The molecule has 0 radical (unpaired) electrons. The van der Waals surface area contributed by atoms with Gasteiger partial charge in [0, 0.05) is 12.7 Å². The third kappa shape index (κ3) is 2.34. The molecule has 1 N–H and O–H groups in total. The predicted octanol–water partition coefficient (Wildman–Crippen LogP) is 2.05. The van der Waals surface area contributed by atoms with Crippen LogP contribution in [0.3, 0.4) is 0 Å². The van der Waals surface area contributed by atoms with E-state index in [9.17, 15) is 18.0 Å². The summed E-state index contributed by atoms with van der Waals surface area (Å²) >= 11 is 0. The van der Waals surface area contributed by atoms with Crippen LogP contribution in [-0.4, -0.2) is 20.6 Å². The molecule has 7 heteroatoms. The van der Waals surface area contributed by atoms with Crippen LogP contribution in [-0.2, 0) is 6.54 Å². The Morgan fingerprint density at radius 2 is 1.89 bits per heavy atom. The number of hydrogen-bond donors (Lipinski definition) is 1. The second-order valence-corrected chi connectivity index (χ2v) is 3.61. The van der Waals surface area contributed by atoms with Gasteiger partial charge in [-0.25, -0.2) is 22.9 Å². The van der Waals surface area contributed by atoms with Gasteiger partial charge >= 0.3 is 5.97 Å². The highest BCUT2D eigenvalue weighted by molar-refractivity contribution is 5.84. The van der Waals surface area contributed by atoms with Gasteiger partial charge in [0.05, 0.1) is 6.33 Å². The summed E-state index contributed by atoms with van der Waals surface area (Å²) in [5.74, 6) is -5.31. The Labute approximate surface area is 99.3 Å². The Kier molecular flexibility index (Phi) is 3.05. The first kappa shape index (κ1) is 12.2. The van der Waals surface area contributed by atoms with E-state index in [1.165, 1.54) is 17.1 Å². The van der Waals surface area contributed by atoms with Crippen molar-refractivity contribution < 1.29 is 23.1 Å². The number of carboxylic acids is 1. The van der Waals surface area contributed by atoms with Crippen molar-refractivity contribution in [2.24, 2.45) is 0 Å². The van der Waals surface area contributed by atoms with Crippen molar-refractivity contribution in [3.63, 3.8) is 0 Å². The molecule has 0 fully saturated rings. The highest BCUT2D eigenvalue weighted by atomic mass is 19.2. The van der Waals surface area contributed by atoms with Gasteiger partial charge in [-0.1, -0.05) is 0 Å². The Bertz CT molecular complexity index is 587. The highest BCUT2D eigenvalue weighted by Crippen LogP contribution is 2.14. The number of rotatable bonds is 3. The number of imidazole rings is 1. The van der Waals surface area contributed by atoms with E-state index < -0.39 is 23.4 Å². The van der Waals surface area contributed by atoms with Crippen LogP contribution < -0.4 is 0 Å². The molecule has 0 aliphatic rings. The van der Waals surface area contributed by atoms with Crippen LogP contribution in [0.2, 0.25) is 0 Å². The molecule has 4 nitrogen and oxygen atoms in total. The lowest BCUT2D eigenvalue weighted by molar-refractivity contribution is 0.0691. The fraction of sp³-hybridized carbons (Fsp3) is 0.0909. The SMILES string of the molecule is O=C(O)c1cn(Cc2cc(F)c(F)c(F)c2)cn1. The molecule has 1 aromatic heterocycles. The molecule has 2 aromatic rings. The summed E-state index contributed by atoms with van der Waals surface area (Å²) in [6, 6.07) is 1.69. The molecule has 0 saturated carbocycles. The van der Waals surface area contributed by atoms with E-state index >= 15 is 0 Å². The normalized spacial score (nSPS) is 10.6. The van der Waals surface area contributed by atoms with Crippen LogP contribution in [0.15, 0.2) is 24.7 Å². The van der Waals surface area contributed by atoms with Crippen molar-refractivity contribution in [1.29, 1.82) is 0 Å². The van der Waals surface area contributed by atoms with Crippen molar-refractivity contribution >= 4 is 5.97 Å². The zero-order valence-electron chi connectivity index (χ0n) is 8.90. The molecule has 0 aliphatic heterocycles. The van der Waals surface area contributed by atoms with E-state index in [1.807, 2.05) is 0 Å². The third-order valence-electron chi connectivity index (χ3n) is 2.26. The smallest absolute Gasteiger partial charge is 0.356 e. The molecule has 0 unspecified atom stereocenters. The molecule has 2 rings (SSSR count). The van der Waals surface area contributed by atoms with Gasteiger partial charge in [0.15, 0.2) is 23.1 Å². The maximum absolute atomic E-state index is 12.9. The lowest BCUT2D eigenvalue weighted by Gasteiger charge is -2.04. The van der Waals surface area contributed by atoms with Crippen LogP contribution in [0.1, 0.15) is 16.1 Å². The summed E-state index contributed by atoms with van der Waals surface area (Å²) in [6.45, 7) is -0.00556. The summed E-state index contributed by atoms with van der Waals surface area (Å²) in [6.07, 6.45) is 2.42. The van der Waals surface area contributed by atoms with E-state index in [0.29, 0.717) is 0 Å². The number of halogens is 3. The molecule has 1 aromatic carbocycles. The van der Waals surface area contributed by atoms with Gasteiger partial charge in [0.25, 0.3) is 0 Å². The van der Waals surface area contributed by atoms with Crippen LogP contribution in [0.25, 0.3) is 0 Å². The number of carbonyl (C=O) groups is 1. The standard InChI is InChI=1S/C11H7F3N2O2/c12-7-1-6(2-8(13)10(7)14)3-16-4-9(11(17)18)15-5-16/h1-2,4-5H,3H2,(H,17,18). The molecule has 1 heterocycles. The predicted molar refractivity (Wildman–Crippen MR) is 54.6 cm³/mol. The molecule has 0 bridgehead atoms. The van der Waals surface area contributed by atoms with Crippen LogP contribution in [0, 0.1) is 17.5 Å². The molecule has 18 heavy (non-hydrogen) atoms. The number of hydrogen-bond acceptors (Lipinski definition) is 2. The average Bonchev–Trinajstić information content (AvgIpc) is 2.74. The molecule has 0 saturated heterocycles. The molecule has 94 valence electrons. The van der Waals surface area contributed by atoms with E-state index in [-0.39, 0.29) is 17.8 Å². The van der Waals surface area contributed by atoms with Gasteiger partial charge in [0.2, 0.25) is 0 Å². The second kappa shape index (κ2) is 4.52. The van der Waals surface area contributed by atoms with E-state index in [1.54, 1.807) is 0 Å². The van der Waals surface area contributed by atoms with Gasteiger partial charge in [-0.3, -0.25) is 0 Å². The highest BCUT2D eigenvalue weighted by Gasteiger charge is 2.12. The van der Waals surface area contributed by atoms with Crippen molar-refractivity contribution in [2.75, 3.05) is 0 Å². The topological polar surface area (TPSA) is 55.1 Å². The summed E-state index contributed by atoms with van der Waals surface area (Å²) in [7, 11) is 0. The van der Waals surface area contributed by atoms with E-state index in [4.69, 9.17) is 5.11 Å². The number of carboxylic acid groups (broad SMARTS) is 1. The lowest BCUT2D eigenvalue weighted by atomic mass is 10.2. The first-order chi connectivity index (χ1) is 8.47. The zero-order chi connectivity index (χ0) is 13.3. The monoisotopic (exact) mass is 256 g/mol. The second-order valence-electron chi connectivity index (χ2n) is 3.61. The van der Waals surface area contributed by atoms with Gasteiger partial charge in [0.1, 0.15) is 0 Å². The number of nitrogens with zero attached hydrogens (tertiary/aromatic N) is 2. The largest absolute Gasteiger partial charge is 0.476 e. The van der Waals surface area contributed by atoms with E-state index in [0.717, 1.165) is 12.1 Å². The number of aromatic carboxylic acids is 1. The van der Waals surface area contributed by atoms with Crippen LogP contribution in [0.4, 0.5) is 13.2 Å². The van der Waals surface area contributed by atoms with E-state index in [2.05, 4.69) is 4.98 Å². The Morgan fingerprint density at radius 1 is 1.28 bits per heavy atom. The van der Waals surface area contributed by atoms with Gasteiger partial charge < -0.3 is 9.67 Å². The van der Waals surface area contributed by atoms with Gasteiger partial charge in [-0.2, -0.15) is 0 Å². The minimum absolute atomic E-state index is 0.00556. The molecular formula is C11H7F3N2O2. The molecule has 0 atom stereocenters. The Hall–Kier alpha value is -2.31. The van der Waals surface area contributed by atoms with Crippen LogP contribution >= 0.6 is 0 Å². The summed E-state index contributed by atoms with van der Waals surface area (Å²) < 4.78 is 39.9. The first-order valence-corrected chi connectivity index (χ1v) is 4.86. The fourth-order valence-corrected chi connectivity index (χ4v) is 1.47. The zero-order valence-corrected chi connectivity index (χ0v) is 8.90. The summed E-state index contributed by atoms with van der Waals surface area (Å²) in [4.78, 5) is 14.2. The number of benzene rings is 1. The average molecular weight is 256 g/mol. The quantitative estimate of drug-likeness (QED) is 0.855. The molecule has 0 amide bonds. The molecule has 0 spiro atoms. The maximum atomic E-state index is 12.9.